The van der Waals surface area contributed by atoms with Crippen LogP contribution in [-0.2, 0) is 0 Å². The number of amides is 2. The molecule has 0 heterocycles. The summed E-state index contributed by atoms with van der Waals surface area (Å²) in [5, 5.41) is 8.80. The van der Waals surface area contributed by atoms with Gasteiger partial charge < -0.3 is 20.7 Å². The van der Waals surface area contributed by atoms with Crippen LogP contribution >= 0.6 is 0 Å². The Morgan fingerprint density at radius 1 is 0.649 bits per heavy atom. The van der Waals surface area contributed by atoms with Gasteiger partial charge in [-0.1, -0.05) is 18.2 Å². The quantitative estimate of drug-likeness (QED) is 0.242. The molecule has 0 spiro atoms. The minimum Gasteiger partial charge on any atom is -0.457 e. The molecule has 7 nitrogen and oxygen atoms in total. The molecule has 0 radical (unpaired) electrons. The van der Waals surface area contributed by atoms with Gasteiger partial charge in [-0.05, 0) is 92.2 Å². The van der Waals surface area contributed by atoms with Gasteiger partial charge in [-0.15, -0.1) is 0 Å². The molecular formula is C30H27N3O4. The molecule has 0 atom stereocenters. The number of anilines is 3. The van der Waals surface area contributed by atoms with Crippen molar-refractivity contribution in [1.29, 1.82) is 0 Å². The lowest BCUT2D eigenvalue weighted by Gasteiger charge is -2.13. The Labute approximate surface area is 215 Å². The van der Waals surface area contributed by atoms with Gasteiger partial charge in [0.1, 0.15) is 11.5 Å². The number of hydrogen-bond acceptors (Lipinski definition) is 5. The van der Waals surface area contributed by atoms with Gasteiger partial charge in [-0.3, -0.25) is 14.4 Å². The van der Waals surface area contributed by atoms with Gasteiger partial charge in [-0.25, -0.2) is 0 Å². The number of carbonyl (C=O) groups excluding carboxylic acids is 3. The maximum absolute atomic E-state index is 12.9. The average Bonchev–Trinajstić information content (AvgIpc) is 2.90. The summed E-state index contributed by atoms with van der Waals surface area (Å²) >= 11 is 0. The van der Waals surface area contributed by atoms with E-state index >= 15 is 0 Å². The number of Topliss-reactive ketones (excluding diaryl/α,β-unsaturated/α-hetero) is 1. The normalized spacial score (nSPS) is 10.4. The second-order valence-electron chi connectivity index (χ2n) is 8.48. The van der Waals surface area contributed by atoms with Crippen LogP contribution in [0.5, 0.6) is 11.5 Å². The second kappa shape index (κ2) is 11.2. The first-order valence-electron chi connectivity index (χ1n) is 11.7. The Morgan fingerprint density at radius 3 is 1.81 bits per heavy atom. The highest BCUT2D eigenvalue weighted by molar-refractivity contribution is 6.08. The summed E-state index contributed by atoms with van der Waals surface area (Å²) in [5.74, 6) is 0.527. The minimum absolute atomic E-state index is 0.0128. The molecule has 0 aromatic heterocycles. The van der Waals surface area contributed by atoms with Crippen molar-refractivity contribution in [2.75, 3.05) is 23.0 Å². The van der Waals surface area contributed by atoms with E-state index in [9.17, 15) is 14.4 Å². The number of ether oxygens (including phenoxy) is 1. The van der Waals surface area contributed by atoms with Crippen LogP contribution in [0.4, 0.5) is 17.1 Å². The number of para-hydroxylation sites is 1. The monoisotopic (exact) mass is 493 g/mol. The zero-order valence-electron chi connectivity index (χ0n) is 20.8. The van der Waals surface area contributed by atoms with Crippen molar-refractivity contribution in [1.82, 2.24) is 0 Å². The summed E-state index contributed by atoms with van der Waals surface area (Å²) in [5.41, 5.74) is 4.30. The highest BCUT2D eigenvalue weighted by Crippen LogP contribution is 2.24. The lowest BCUT2D eigenvalue weighted by molar-refractivity contribution is 0.101. The van der Waals surface area contributed by atoms with Crippen LogP contribution in [0.1, 0.15) is 43.6 Å². The van der Waals surface area contributed by atoms with Crippen LogP contribution in [0.3, 0.4) is 0 Å². The molecule has 4 aromatic carbocycles. The standard InChI is InChI=1S/C30H27N3O4/c1-19-6-4-5-7-28(19)33-30(36)23-16-24(31-3)18-25(17-23)32-29(35)22-10-14-27(15-11-22)37-26-12-8-21(9-13-26)20(2)34/h4-18,31H,1-3H3,(H,32,35)(H,33,36). The van der Waals surface area contributed by atoms with Crippen LogP contribution in [0.25, 0.3) is 0 Å². The topological polar surface area (TPSA) is 96.5 Å². The molecule has 0 saturated heterocycles. The van der Waals surface area contributed by atoms with Crippen molar-refractivity contribution in [2.24, 2.45) is 0 Å². The third-order valence-electron chi connectivity index (χ3n) is 5.75. The summed E-state index contributed by atoms with van der Waals surface area (Å²) < 4.78 is 5.80. The molecule has 3 N–H and O–H groups in total. The second-order valence-corrected chi connectivity index (χ2v) is 8.48. The van der Waals surface area contributed by atoms with Gasteiger partial charge in [-0.2, -0.15) is 0 Å². The largest absolute Gasteiger partial charge is 0.457 e. The van der Waals surface area contributed by atoms with E-state index in [2.05, 4.69) is 16.0 Å². The predicted molar refractivity (Wildman–Crippen MR) is 146 cm³/mol. The van der Waals surface area contributed by atoms with Gasteiger partial charge in [0, 0.05) is 40.8 Å². The zero-order valence-corrected chi connectivity index (χ0v) is 20.8. The molecule has 0 aliphatic carbocycles. The number of ketones is 1. The third kappa shape index (κ3) is 6.41. The van der Waals surface area contributed by atoms with E-state index in [4.69, 9.17) is 4.74 Å². The molecule has 37 heavy (non-hydrogen) atoms. The third-order valence-corrected chi connectivity index (χ3v) is 5.75. The van der Waals surface area contributed by atoms with E-state index in [1.165, 1.54) is 6.92 Å². The van der Waals surface area contributed by atoms with E-state index in [-0.39, 0.29) is 17.6 Å². The van der Waals surface area contributed by atoms with Gasteiger partial charge in [0.15, 0.2) is 5.78 Å². The summed E-state index contributed by atoms with van der Waals surface area (Å²) in [6.45, 7) is 3.43. The fourth-order valence-electron chi connectivity index (χ4n) is 3.65. The summed E-state index contributed by atoms with van der Waals surface area (Å²) in [6.07, 6.45) is 0. The summed E-state index contributed by atoms with van der Waals surface area (Å²) in [7, 11) is 1.75. The molecule has 0 aliphatic heterocycles. The predicted octanol–water partition coefficient (Wildman–Crippen LogP) is 6.54. The van der Waals surface area contributed by atoms with Crippen molar-refractivity contribution >= 4 is 34.7 Å². The number of carbonyl (C=O) groups is 3. The van der Waals surface area contributed by atoms with E-state index in [0.717, 1.165) is 11.3 Å². The first-order chi connectivity index (χ1) is 17.8. The number of benzene rings is 4. The van der Waals surface area contributed by atoms with Crippen LogP contribution in [0, 0.1) is 6.92 Å². The Bertz CT molecular complexity index is 1440. The molecule has 7 heteroatoms. The molecule has 4 aromatic rings. The molecule has 2 amide bonds. The number of aryl methyl sites for hydroxylation is 1. The number of hydrogen-bond donors (Lipinski definition) is 3. The Hall–Kier alpha value is -4.91. The Kier molecular flexibility index (Phi) is 7.64. The zero-order chi connectivity index (χ0) is 26.4. The van der Waals surface area contributed by atoms with E-state index in [1.807, 2.05) is 31.2 Å². The minimum atomic E-state index is -0.323. The van der Waals surface area contributed by atoms with Crippen molar-refractivity contribution in [3.8, 4) is 11.5 Å². The van der Waals surface area contributed by atoms with Crippen molar-refractivity contribution in [3.05, 3.63) is 113 Å². The lowest BCUT2D eigenvalue weighted by Crippen LogP contribution is -2.15. The molecule has 0 unspecified atom stereocenters. The van der Waals surface area contributed by atoms with E-state index < -0.39 is 0 Å². The number of nitrogens with one attached hydrogen (secondary N) is 3. The van der Waals surface area contributed by atoms with Gasteiger partial charge in [0.05, 0.1) is 0 Å². The molecule has 0 saturated carbocycles. The van der Waals surface area contributed by atoms with Gasteiger partial charge in [0.2, 0.25) is 0 Å². The van der Waals surface area contributed by atoms with Crippen molar-refractivity contribution < 1.29 is 19.1 Å². The maximum atomic E-state index is 12.9. The van der Waals surface area contributed by atoms with Gasteiger partial charge in [0.25, 0.3) is 11.8 Å². The fraction of sp³-hybridized carbons (Fsp3) is 0.100. The Balaban J connectivity index is 1.45. The molecular weight excluding hydrogens is 466 g/mol. The molecule has 186 valence electrons. The SMILES string of the molecule is CNc1cc(NC(=O)c2ccc(Oc3ccc(C(C)=O)cc3)cc2)cc(C(=O)Nc2ccccc2C)c1. The van der Waals surface area contributed by atoms with Crippen LogP contribution < -0.4 is 20.7 Å². The first-order valence-corrected chi connectivity index (χ1v) is 11.7. The summed E-state index contributed by atoms with van der Waals surface area (Å²) in [4.78, 5) is 37.2. The smallest absolute Gasteiger partial charge is 0.255 e. The van der Waals surface area contributed by atoms with Crippen molar-refractivity contribution in [2.45, 2.75) is 13.8 Å². The highest BCUT2D eigenvalue weighted by Gasteiger charge is 2.13. The average molecular weight is 494 g/mol. The summed E-state index contributed by atoms with van der Waals surface area (Å²) in [6, 6.07) is 26.2. The highest BCUT2D eigenvalue weighted by atomic mass is 16.5. The molecule has 0 aliphatic rings. The van der Waals surface area contributed by atoms with E-state index in [0.29, 0.717) is 39.6 Å². The Morgan fingerprint density at radius 2 is 1.22 bits per heavy atom. The molecule has 0 bridgehead atoms. The van der Waals surface area contributed by atoms with Crippen molar-refractivity contribution in [3.63, 3.8) is 0 Å². The van der Waals surface area contributed by atoms with Crippen LogP contribution in [0.2, 0.25) is 0 Å². The number of rotatable bonds is 8. The maximum Gasteiger partial charge on any atom is 0.255 e. The van der Waals surface area contributed by atoms with E-state index in [1.54, 1.807) is 73.8 Å². The van der Waals surface area contributed by atoms with Crippen LogP contribution in [0.15, 0.2) is 91.0 Å². The first kappa shape index (κ1) is 25.2. The molecule has 0 fully saturated rings. The lowest BCUT2D eigenvalue weighted by atomic mass is 10.1. The molecule has 4 rings (SSSR count). The van der Waals surface area contributed by atoms with Crippen LogP contribution in [-0.4, -0.2) is 24.6 Å². The fourth-order valence-corrected chi connectivity index (χ4v) is 3.65. The van der Waals surface area contributed by atoms with Gasteiger partial charge >= 0.3 is 0 Å².